The van der Waals surface area contributed by atoms with Crippen LogP contribution >= 0.6 is 0 Å². The fraction of sp³-hybridized carbons (Fsp3) is 0.733. The molecule has 11 heteroatoms. The zero-order valence-corrected chi connectivity index (χ0v) is 54.9. The minimum absolute atomic E-state index is 0.108. The Bertz CT molecular complexity index is 1820. The van der Waals surface area contributed by atoms with Crippen LogP contribution in [0, 0.1) is 0 Å². The Morgan fingerprint density at radius 2 is 0.837 bits per heavy atom. The van der Waals surface area contributed by atoms with Gasteiger partial charge < -0.3 is 45.1 Å². The summed E-state index contributed by atoms with van der Waals surface area (Å²) in [5.41, 5.74) is 0. The lowest BCUT2D eigenvalue weighted by molar-refractivity contribution is -0.305. The van der Waals surface area contributed by atoms with E-state index in [-0.39, 0.29) is 19.4 Å². The molecule has 0 saturated carbocycles. The summed E-state index contributed by atoms with van der Waals surface area (Å²) in [6.45, 7) is 5.66. The molecule has 8 unspecified atom stereocenters. The molecule has 494 valence electrons. The highest BCUT2D eigenvalue weighted by molar-refractivity contribution is 5.80. The molecular weight excluding hydrogens is 1070 g/mol. The van der Waals surface area contributed by atoms with Crippen LogP contribution in [0.2, 0.25) is 0 Å². The van der Waals surface area contributed by atoms with Crippen LogP contribution in [0.1, 0.15) is 290 Å². The van der Waals surface area contributed by atoms with Crippen LogP contribution < -0.4 is 5.32 Å². The molecule has 86 heavy (non-hydrogen) atoms. The van der Waals surface area contributed by atoms with E-state index in [4.69, 9.17) is 14.2 Å². The third-order valence-electron chi connectivity index (χ3n) is 15.9. The van der Waals surface area contributed by atoms with E-state index in [9.17, 15) is 35.1 Å². The number of aliphatic hydroxyl groups is 5. The Morgan fingerprint density at radius 3 is 1.28 bits per heavy atom. The molecule has 0 aliphatic carbocycles. The molecular formula is C75H129NO10. The maximum Gasteiger partial charge on any atom is 0.306 e. The van der Waals surface area contributed by atoms with Crippen molar-refractivity contribution in [3.63, 3.8) is 0 Å². The first-order valence-electron chi connectivity index (χ1n) is 35.2. The van der Waals surface area contributed by atoms with Crippen LogP contribution in [-0.4, -0.2) is 99.6 Å². The third-order valence-corrected chi connectivity index (χ3v) is 15.9. The summed E-state index contributed by atoms with van der Waals surface area (Å²) in [7, 11) is 0. The van der Waals surface area contributed by atoms with Gasteiger partial charge >= 0.3 is 5.97 Å². The smallest absolute Gasteiger partial charge is 0.306 e. The topological polar surface area (TPSA) is 175 Å². The summed E-state index contributed by atoms with van der Waals surface area (Å²) >= 11 is 0. The Labute approximate surface area is 526 Å². The first kappa shape index (κ1) is 80.3. The molecule has 1 aliphatic heterocycles. The molecule has 0 aromatic heterocycles. The Hall–Kier alpha value is -3.68. The highest BCUT2D eigenvalue weighted by atomic mass is 16.7. The van der Waals surface area contributed by atoms with Gasteiger partial charge in [-0.25, -0.2) is 0 Å². The van der Waals surface area contributed by atoms with Gasteiger partial charge in [0.25, 0.3) is 0 Å². The number of amides is 1. The van der Waals surface area contributed by atoms with E-state index >= 15 is 0 Å². The van der Waals surface area contributed by atoms with Gasteiger partial charge in [0.2, 0.25) is 5.91 Å². The number of esters is 1. The van der Waals surface area contributed by atoms with Crippen LogP contribution in [0.15, 0.2) is 109 Å². The Morgan fingerprint density at radius 1 is 0.465 bits per heavy atom. The van der Waals surface area contributed by atoms with Crippen molar-refractivity contribution in [1.29, 1.82) is 0 Å². The second-order valence-corrected chi connectivity index (χ2v) is 23.9. The van der Waals surface area contributed by atoms with Crippen LogP contribution in [0.25, 0.3) is 0 Å². The molecule has 8 atom stereocenters. The standard InChI is InChI=1S/C75H129NO10/c1-4-7-10-13-16-19-22-25-27-29-31-32-33-34-35-36-37-38-39-41-43-45-48-51-54-57-60-63-70(80)86-73-72(82)71(81)69(64-77)85-75(73)84-65-66(67(78)61-58-55-52-49-46-24-21-18-15-12-9-6-3)76-74(83)68(79)62-59-56-53-50-47-44-42-40-30-28-26-23-20-17-14-11-8-5-2/h7,10,16-17,19-20,25-28,31-32,34-35,37-38,58,61,66-69,71-73,75,77-79,81-82H,4-6,8-9,11-15,18,21-24,29-30,33,36,39-57,59-60,62-65H2,1-3H3,(H,76,83)/b10-7-,19-16-,20-17-,27-25-,28-26-,32-31-,35-34-,38-37-,61-58+. The minimum Gasteiger partial charge on any atom is -0.454 e. The van der Waals surface area contributed by atoms with Gasteiger partial charge in [0.05, 0.1) is 25.4 Å². The number of carbonyl (C=O) groups excluding carboxylic acids is 2. The van der Waals surface area contributed by atoms with Crippen LogP contribution in [-0.2, 0) is 23.8 Å². The molecule has 1 heterocycles. The first-order chi connectivity index (χ1) is 42.2. The fourth-order valence-corrected chi connectivity index (χ4v) is 10.4. The quantitative estimate of drug-likeness (QED) is 0.0195. The van der Waals surface area contributed by atoms with E-state index in [1.54, 1.807) is 6.08 Å². The van der Waals surface area contributed by atoms with Gasteiger partial charge in [-0.15, -0.1) is 0 Å². The van der Waals surface area contributed by atoms with Crippen molar-refractivity contribution in [2.75, 3.05) is 13.2 Å². The molecule has 0 aromatic carbocycles. The molecule has 1 rings (SSSR count). The highest BCUT2D eigenvalue weighted by Gasteiger charge is 2.47. The van der Waals surface area contributed by atoms with Crippen molar-refractivity contribution in [2.45, 2.75) is 339 Å². The molecule has 1 saturated heterocycles. The summed E-state index contributed by atoms with van der Waals surface area (Å²) in [5, 5.41) is 57.2. The predicted octanol–water partition coefficient (Wildman–Crippen LogP) is 18.0. The number of aliphatic hydroxyl groups excluding tert-OH is 5. The van der Waals surface area contributed by atoms with Crippen molar-refractivity contribution >= 4 is 11.9 Å². The Balaban J connectivity index is 2.58. The summed E-state index contributed by atoms with van der Waals surface area (Å²) in [4.78, 5) is 26.7. The lowest BCUT2D eigenvalue weighted by Gasteiger charge is -2.41. The van der Waals surface area contributed by atoms with Crippen LogP contribution in [0.5, 0.6) is 0 Å². The van der Waals surface area contributed by atoms with Crippen molar-refractivity contribution in [3.05, 3.63) is 109 Å². The van der Waals surface area contributed by atoms with Crippen molar-refractivity contribution in [1.82, 2.24) is 5.32 Å². The number of carbonyl (C=O) groups is 2. The number of unbranched alkanes of at least 4 members (excludes halogenated alkanes) is 29. The molecule has 0 radical (unpaired) electrons. The summed E-state index contributed by atoms with van der Waals surface area (Å²) in [6.07, 6.45) is 74.0. The second kappa shape index (κ2) is 61.6. The van der Waals surface area contributed by atoms with Crippen molar-refractivity contribution in [3.8, 4) is 0 Å². The van der Waals surface area contributed by atoms with Gasteiger partial charge in [-0.1, -0.05) is 284 Å². The molecule has 6 N–H and O–H groups in total. The third kappa shape index (κ3) is 48.3. The number of allylic oxidation sites excluding steroid dienone is 17. The van der Waals surface area contributed by atoms with E-state index in [2.05, 4.69) is 123 Å². The highest BCUT2D eigenvalue weighted by Crippen LogP contribution is 2.26. The van der Waals surface area contributed by atoms with Gasteiger partial charge in [-0.3, -0.25) is 9.59 Å². The van der Waals surface area contributed by atoms with E-state index in [0.29, 0.717) is 12.8 Å². The summed E-state index contributed by atoms with van der Waals surface area (Å²) in [5.74, 6) is -1.21. The van der Waals surface area contributed by atoms with Gasteiger partial charge in [0.15, 0.2) is 12.4 Å². The van der Waals surface area contributed by atoms with Gasteiger partial charge in [0, 0.05) is 6.42 Å². The lowest BCUT2D eigenvalue weighted by atomic mass is 9.99. The normalized spacial score (nSPS) is 19.0. The number of ether oxygens (including phenoxy) is 3. The van der Waals surface area contributed by atoms with Crippen molar-refractivity contribution < 1.29 is 49.3 Å². The zero-order valence-electron chi connectivity index (χ0n) is 54.9. The maximum absolute atomic E-state index is 13.5. The molecule has 0 spiro atoms. The molecule has 1 amide bonds. The molecule has 0 aromatic rings. The number of rotatable bonds is 59. The fourth-order valence-electron chi connectivity index (χ4n) is 10.4. The average molecular weight is 1200 g/mol. The first-order valence-corrected chi connectivity index (χ1v) is 35.2. The number of hydrogen-bond donors (Lipinski definition) is 6. The SMILES string of the molecule is CC/C=C\C/C=C\C/C=C\C/C=C\C/C=C\C/C=C\CCCCCCCCCCC(=O)OC1C(OCC(NC(=O)C(O)CCCCCCCCCC/C=C\C/C=C\CCCCC)C(O)/C=C/CCCCCCCCCCCC)OC(CO)C(O)C1O. The lowest BCUT2D eigenvalue weighted by Crippen LogP contribution is -2.61. The Kier molecular flexibility index (Phi) is 57.5. The van der Waals surface area contributed by atoms with E-state index in [1.807, 2.05) is 6.08 Å². The van der Waals surface area contributed by atoms with Gasteiger partial charge in [0.1, 0.15) is 24.4 Å². The molecule has 1 fully saturated rings. The van der Waals surface area contributed by atoms with Crippen LogP contribution in [0.4, 0.5) is 0 Å². The molecule has 0 bridgehead atoms. The van der Waals surface area contributed by atoms with Crippen LogP contribution in [0.3, 0.4) is 0 Å². The van der Waals surface area contributed by atoms with Gasteiger partial charge in [-0.2, -0.15) is 0 Å². The van der Waals surface area contributed by atoms with E-state index in [0.717, 1.165) is 122 Å². The largest absolute Gasteiger partial charge is 0.454 e. The summed E-state index contributed by atoms with van der Waals surface area (Å²) in [6, 6.07) is -1.03. The maximum atomic E-state index is 13.5. The van der Waals surface area contributed by atoms with E-state index in [1.165, 1.54) is 122 Å². The second-order valence-electron chi connectivity index (χ2n) is 23.9. The number of hydrogen-bond acceptors (Lipinski definition) is 10. The predicted molar refractivity (Wildman–Crippen MR) is 361 cm³/mol. The molecule has 1 aliphatic rings. The monoisotopic (exact) mass is 1200 g/mol. The molecule has 11 nitrogen and oxygen atoms in total. The minimum atomic E-state index is -1.63. The van der Waals surface area contributed by atoms with Crippen molar-refractivity contribution in [2.24, 2.45) is 0 Å². The summed E-state index contributed by atoms with van der Waals surface area (Å²) < 4.78 is 17.7. The zero-order chi connectivity index (χ0) is 62.4. The number of nitrogens with one attached hydrogen (secondary N) is 1. The van der Waals surface area contributed by atoms with Gasteiger partial charge in [-0.05, 0) is 109 Å². The average Bonchev–Trinajstić information content (AvgIpc) is 2.65. The van der Waals surface area contributed by atoms with E-state index < -0.39 is 67.4 Å².